The summed E-state index contributed by atoms with van der Waals surface area (Å²) in [4.78, 5) is 32.5. The second-order valence-corrected chi connectivity index (χ2v) is 12.1. The van der Waals surface area contributed by atoms with E-state index >= 15 is 0 Å². The quantitative estimate of drug-likeness (QED) is 0.172. The molecule has 12 heteroatoms. The number of allylic oxidation sites excluding steroid dienone is 1. The minimum absolute atomic E-state index is 0.165. The van der Waals surface area contributed by atoms with Crippen LogP contribution in [0.1, 0.15) is 43.5 Å². The molecule has 1 aliphatic heterocycles. The first-order valence-electron chi connectivity index (χ1n) is 14.0. The van der Waals surface area contributed by atoms with Crippen molar-refractivity contribution < 1.29 is 23.7 Å². The number of aromatic nitrogens is 1. The third-order valence-electron chi connectivity index (χ3n) is 6.98. The highest BCUT2D eigenvalue weighted by Gasteiger charge is 2.34. The van der Waals surface area contributed by atoms with Gasteiger partial charge in [0.15, 0.2) is 16.3 Å². The summed E-state index contributed by atoms with van der Waals surface area (Å²) in [6.07, 6.45) is 1.70. The van der Waals surface area contributed by atoms with Crippen molar-refractivity contribution in [2.45, 2.75) is 33.4 Å². The molecule has 8 nitrogen and oxygen atoms in total. The predicted molar refractivity (Wildman–Crippen MR) is 177 cm³/mol. The second-order valence-electron chi connectivity index (χ2n) is 9.85. The summed E-state index contributed by atoms with van der Waals surface area (Å²) in [5.74, 6) is 0.949. The number of carbonyl (C=O) groups excluding carboxylic acids is 1. The average Bonchev–Trinajstić information content (AvgIpc) is 3.30. The zero-order chi connectivity index (χ0) is 32.2. The topological polar surface area (TPSA) is 88.4 Å². The number of esters is 1. The van der Waals surface area contributed by atoms with Crippen LogP contribution in [0.2, 0.25) is 15.1 Å². The normalized spacial score (nSPS) is 14.6. The summed E-state index contributed by atoms with van der Waals surface area (Å²) < 4.78 is 24.7. The molecule has 0 radical (unpaired) electrons. The molecule has 0 bridgehead atoms. The van der Waals surface area contributed by atoms with Crippen LogP contribution in [0, 0.1) is 0 Å². The molecule has 234 valence electrons. The number of carbonyl (C=O) groups is 1. The Kier molecular flexibility index (Phi) is 10.2. The highest BCUT2D eigenvalue weighted by molar-refractivity contribution is 7.07. The predicted octanol–water partition coefficient (Wildman–Crippen LogP) is 6.74. The van der Waals surface area contributed by atoms with Crippen molar-refractivity contribution in [2.75, 3.05) is 20.3 Å². The maximum absolute atomic E-state index is 14.2. The fraction of sp³-hybridized carbons (Fsp3) is 0.242. The molecule has 45 heavy (non-hydrogen) atoms. The van der Waals surface area contributed by atoms with Gasteiger partial charge in [-0.3, -0.25) is 9.36 Å². The van der Waals surface area contributed by atoms with Gasteiger partial charge in [-0.15, -0.1) is 0 Å². The first-order chi connectivity index (χ1) is 21.6. The van der Waals surface area contributed by atoms with Crippen LogP contribution in [0.15, 0.2) is 75.7 Å². The van der Waals surface area contributed by atoms with Crippen LogP contribution in [0.4, 0.5) is 0 Å². The van der Waals surface area contributed by atoms with Gasteiger partial charge in [-0.05, 0) is 74.9 Å². The number of thiazole rings is 1. The molecule has 0 saturated carbocycles. The zero-order valence-corrected chi connectivity index (χ0v) is 27.9. The monoisotopic (exact) mass is 686 g/mol. The SMILES string of the molecule is CCOC(=O)C1=C(C)N=c2s/c(=C\c3cc(Cl)ccc3OCc3ccc(Cl)cc3Cl)c(=O)n2[C@@H]1c1ccc(OC)c(OCC)c1. The highest BCUT2D eigenvalue weighted by Crippen LogP contribution is 2.36. The molecule has 1 aromatic heterocycles. The number of hydrogen-bond donors (Lipinski definition) is 0. The van der Waals surface area contributed by atoms with Gasteiger partial charge in [-0.2, -0.15) is 0 Å². The summed E-state index contributed by atoms with van der Waals surface area (Å²) in [6, 6.07) is 14.8. The van der Waals surface area contributed by atoms with Gasteiger partial charge in [0.1, 0.15) is 12.4 Å². The van der Waals surface area contributed by atoms with Crippen molar-refractivity contribution in [3.05, 3.63) is 117 Å². The number of rotatable bonds is 10. The smallest absolute Gasteiger partial charge is 0.338 e. The van der Waals surface area contributed by atoms with Crippen LogP contribution in [-0.4, -0.2) is 30.9 Å². The molecular weight excluding hydrogens is 659 g/mol. The molecule has 3 aromatic carbocycles. The molecule has 1 aliphatic rings. The molecule has 5 rings (SSSR count). The van der Waals surface area contributed by atoms with E-state index in [9.17, 15) is 9.59 Å². The van der Waals surface area contributed by atoms with E-state index < -0.39 is 12.0 Å². The third kappa shape index (κ3) is 6.92. The summed E-state index contributed by atoms with van der Waals surface area (Å²) in [5.41, 5.74) is 2.32. The molecule has 1 atom stereocenters. The van der Waals surface area contributed by atoms with E-state index in [2.05, 4.69) is 4.99 Å². The Morgan fingerprint density at radius 1 is 0.956 bits per heavy atom. The maximum atomic E-state index is 14.2. The van der Waals surface area contributed by atoms with E-state index in [4.69, 9.17) is 53.8 Å². The molecule has 4 aromatic rings. The number of hydrogen-bond acceptors (Lipinski definition) is 8. The molecule has 0 aliphatic carbocycles. The number of methoxy groups -OCH3 is 1. The van der Waals surface area contributed by atoms with Gasteiger partial charge in [-0.1, -0.05) is 58.3 Å². The van der Waals surface area contributed by atoms with Crippen LogP contribution in [0.5, 0.6) is 17.2 Å². The summed E-state index contributed by atoms with van der Waals surface area (Å²) in [7, 11) is 1.55. The fourth-order valence-corrected chi connectivity index (χ4v) is 6.62. The largest absolute Gasteiger partial charge is 0.493 e. The lowest BCUT2D eigenvalue weighted by Gasteiger charge is -2.25. The Bertz CT molecular complexity index is 1980. The van der Waals surface area contributed by atoms with Gasteiger partial charge in [0.2, 0.25) is 0 Å². The third-order valence-corrected chi connectivity index (χ3v) is 8.78. The molecule has 0 fully saturated rings. The van der Waals surface area contributed by atoms with Gasteiger partial charge < -0.3 is 18.9 Å². The number of nitrogens with zero attached hydrogens (tertiary/aromatic N) is 2. The lowest BCUT2D eigenvalue weighted by atomic mass is 9.95. The van der Waals surface area contributed by atoms with E-state index in [-0.39, 0.29) is 24.3 Å². The van der Waals surface area contributed by atoms with E-state index in [1.807, 2.05) is 6.92 Å². The van der Waals surface area contributed by atoms with Crippen molar-refractivity contribution in [1.29, 1.82) is 0 Å². The Morgan fingerprint density at radius 2 is 1.69 bits per heavy atom. The minimum Gasteiger partial charge on any atom is -0.493 e. The van der Waals surface area contributed by atoms with E-state index in [1.54, 1.807) is 81.6 Å². The van der Waals surface area contributed by atoms with Gasteiger partial charge in [-0.25, -0.2) is 9.79 Å². The first kappa shape index (κ1) is 32.6. The summed E-state index contributed by atoms with van der Waals surface area (Å²) in [5, 5.41) is 1.46. The zero-order valence-electron chi connectivity index (χ0n) is 24.9. The van der Waals surface area contributed by atoms with Crippen LogP contribution < -0.4 is 29.1 Å². The highest BCUT2D eigenvalue weighted by atomic mass is 35.5. The Morgan fingerprint density at radius 3 is 2.40 bits per heavy atom. The van der Waals surface area contributed by atoms with Gasteiger partial charge in [0, 0.05) is 26.2 Å². The number of halogens is 3. The first-order valence-corrected chi connectivity index (χ1v) is 16.0. The number of ether oxygens (including phenoxy) is 4. The molecule has 0 N–H and O–H groups in total. The van der Waals surface area contributed by atoms with Crippen molar-refractivity contribution >= 4 is 58.2 Å². The van der Waals surface area contributed by atoms with Crippen molar-refractivity contribution in [1.82, 2.24) is 4.57 Å². The average molecular weight is 688 g/mol. The van der Waals surface area contributed by atoms with Crippen LogP contribution in [0.25, 0.3) is 6.08 Å². The van der Waals surface area contributed by atoms with Crippen LogP contribution >= 0.6 is 46.1 Å². The van der Waals surface area contributed by atoms with E-state index in [0.29, 0.717) is 65.1 Å². The van der Waals surface area contributed by atoms with Crippen LogP contribution in [0.3, 0.4) is 0 Å². The molecule has 0 saturated heterocycles. The fourth-order valence-electron chi connectivity index (χ4n) is 4.94. The Balaban J connectivity index is 1.64. The van der Waals surface area contributed by atoms with Crippen molar-refractivity contribution in [3.8, 4) is 17.2 Å². The summed E-state index contributed by atoms with van der Waals surface area (Å²) in [6.45, 7) is 6.05. The second kappa shape index (κ2) is 14.1. The maximum Gasteiger partial charge on any atom is 0.338 e. The standard InChI is InChI=1S/C33H29Cl3N2O6S/c1-5-42-27-14-19(8-11-26(27)41-4)30-29(32(40)43-6-2)18(3)37-33-38(30)31(39)28(45-33)15-21-13-22(34)10-12-25(21)44-17-20-7-9-23(35)16-24(20)36/h7-16,30H,5-6,17H2,1-4H3/b28-15-/t30-/m1/s1. The van der Waals surface area contributed by atoms with Gasteiger partial charge >= 0.3 is 5.97 Å². The molecule has 0 spiro atoms. The van der Waals surface area contributed by atoms with Gasteiger partial charge in [0.25, 0.3) is 5.56 Å². The number of benzene rings is 3. The summed E-state index contributed by atoms with van der Waals surface area (Å²) >= 11 is 19.9. The molecule has 0 amide bonds. The molecule has 0 unspecified atom stereocenters. The van der Waals surface area contributed by atoms with Crippen LogP contribution in [-0.2, 0) is 16.1 Å². The molecular formula is C33H29Cl3N2O6S. The Labute approximate surface area is 278 Å². The van der Waals surface area contributed by atoms with E-state index in [1.165, 1.54) is 15.9 Å². The van der Waals surface area contributed by atoms with Crippen molar-refractivity contribution in [2.24, 2.45) is 4.99 Å². The lowest BCUT2D eigenvalue weighted by Crippen LogP contribution is -2.40. The van der Waals surface area contributed by atoms with Crippen molar-refractivity contribution in [3.63, 3.8) is 0 Å². The van der Waals surface area contributed by atoms with Gasteiger partial charge in [0.05, 0.1) is 42.2 Å². The Hall–Kier alpha value is -3.76. The van der Waals surface area contributed by atoms with E-state index in [0.717, 1.165) is 5.56 Å². The number of fused-ring (bicyclic) bond motifs is 1. The minimum atomic E-state index is -0.824. The lowest BCUT2D eigenvalue weighted by molar-refractivity contribution is -0.139. The molecule has 2 heterocycles.